The molecule has 0 unspecified atom stereocenters. The molecule has 0 radical (unpaired) electrons. The second-order valence-electron chi connectivity index (χ2n) is 8.30. The maximum atomic E-state index is 12.8. The number of aryl methyl sites for hydroxylation is 1. The first kappa shape index (κ1) is 22.0. The van der Waals surface area contributed by atoms with Crippen molar-refractivity contribution in [2.75, 3.05) is 13.6 Å². The number of aliphatic hydroxyl groups excluding tert-OH is 1. The van der Waals surface area contributed by atoms with Gasteiger partial charge in [-0.3, -0.25) is 9.78 Å². The van der Waals surface area contributed by atoms with E-state index in [9.17, 15) is 9.90 Å². The zero-order valence-corrected chi connectivity index (χ0v) is 18.4. The molecular weight excluding hydrogens is 376 g/mol. The Morgan fingerprint density at radius 2 is 2.23 bits per heavy atom. The monoisotopic (exact) mass is 408 g/mol. The van der Waals surface area contributed by atoms with Gasteiger partial charge in [-0.25, -0.2) is 0 Å². The van der Waals surface area contributed by atoms with Gasteiger partial charge in [0.05, 0.1) is 6.10 Å². The number of likely N-dealkylation sites (N-methyl/N-ethyl adjacent to an activating group) is 1. The van der Waals surface area contributed by atoms with E-state index in [0.29, 0.717) is 13.2 Å². The molecule has 1 aromatic carbocycles. The summed E-state index contributed by atoms with van der Waals surface area (Å²) >= 11 is 0. The van der Waals surface area contributed by atoms with Crippen molar-refractivity contribution < 1.29 is 14.6 Å². The number of rotatable bonds is 7. The molecule has 0 saturated carbocycles. The van der Waals surface area contributed by atoms with Gasteiger partial charge >= 0.3 is 0 Å². The van der Waals surface area contributed by atoms with Gasteiger partial charge in [-0.15, -0.1) is 6.58 Å². The maximum Gasteiger partial charge on any atom is 0.225 e. The van der Waals surface area contributed by atoms with E-state index in [2.05, 4.69) is 24.6 Å². The predicted octanol–water partition coefficient (Wildman–Crippen LogP) is 4.15. The molecule has 1 N–H and O–H groups in total. The fourth-order valence-electron chi connectivity index (χ4n) is 4.51. The number of aromatic nitrogens is 1. The van der Waals surface area contributed by atoms with Gasteiger partial charge in [0.1, 0.15) is 12.4 Å². The Morgan fingerprint density at radius 1 is 1.47 bits per heavy atom. The SMILES string of the molecule is C=CCN(C)C(=O)[C@@H](C)[C@@H]1CCc2c(C)cc(OCc3cccnc3)c(C)c2[C@@H]1O. The molecule has 2 aromatic rings. The van der Waals surface area contributed by atoms with Crippen LogP contribution >= 0.6 is 0 Å². The second kappa shape index (κ2) is 9.43. The molecule has 160 valence electrons. The Labute approximate surface area is 179 Å². The summed E-state index contributed by atoms with van der Waals surface area (Å²) in [7, 11) is 1.78. The molecule has 0 fully saturated rings. The number of carbonyl (C=O) groups excluding carboxylic acids is 1. The molecule has 3 atom stereocenters. The molecular formula is C25H32N2O3. The number of carbonyl (C=O) groups is 1. The number of fused-ring (bicyclic) bond motifs is 1. The highest BCUT2D eigenvalue weighted by atomic mass is 16.5. The molecule has 1 heterocycles. The fourth-order valence-corrected chi connectivity index (χ4v) is 4.51. The van der Waals surface area contributed by atoms with Crippen molar-refractivity contribution in [3.05, 3.63) is 71.1 Å². The van der Waals surface area contributed by atoms with Crippen LogP contribution in [0.5, 0.6) is 5.75 Å². The summed E-state index contributed by atoms with van der Waals surface area (Å²) in [5.74, 6) is 0.431. The smallest absolute Gasteiger partial charge is 0.225 e. The fraction of sp³-hybridized carbons (Fsp3) is 0.440. The lowest BCUT2D eigenvalue weighted by atomic mass is 9.72. The number of amides is 1. The molecule has 3 rings (SSSR count). The first-order valence-electron chi connectivity index (χ1n) is 10.5. The zero-order valence-electron chi connectivity index (χ0n) is 18.4. The minimum absolute atomic E-state index is 0.0424. The number of hydrogen-bond acceptors (Lipinski definition) is 4. The summed E-state index contributed by atoms with van der Waals surface area (Å²) < 4.78 is 6.09. The Balaban J connectivity index is 1.86. The molecule has 30 heavy (non-hydrogen) atoms. The van der Waals surface area contributed by atoms with E-state index in [4.69, 9.17) is 4.74 Å². The standard InChI is InChI=1S/C25H32N2O3/c1-6-12-27(5)25(29)17(3)21-10-9-20-16(2)13-22(18(4)23(20)24(21)28)30-15-19-8-7-11-26-14-19/h6-8,11,13-14,17,21,24,28H,1,9-10,12,15H2,2-5H3/t17-,21-,24+/m0/s1. The Morgan fingerprint density at radius 3 is 2.90 bits per heavy atom. The van der Waals surface area contributed by atoms with E-state index in [1.807, 2.05) is 26.0 Å². The van der Waals surface area contributed by atoms with Crippen LogP contribution in [0, 0.1) is 25.7 Å². The molecule has 1 aliphatic carbocycles. The van der Waals surface area contributed by atoms with Crippen LogP contribution in [0.2, 0.25) is 0 Å². The molecule has 5 nitrogen and oxygen atoms in total. The molecule has 0 saturated heterocycles. The maximum absolute atomic E-state index is 12.8. The largest absolute Gasteiger partial charge is 0.489 e. The molecule has 0 spiro atoms. The van der Waals surface area contributed by atoms with Crippen molar-refractivity contribution in [2.24, 2.45) is 11.8 Å². The molecule has 5 heteroatoms. The van der Waals surface area contributed by atoms with Gasteiger partial charge in [0.15, 0.2) is 0 Å². The first-order valence-corrected chi connectivity index (χ1v) is 10.5. The van der Waals surface area contributed by atoms with Crippen LogP contribution in [0.25, 0.3) is 0 Å². The van der Waals surface area contributed by atoms with E-state index in [-0.39, 0.29) is 17.7 Å². The molecule has 0 bridgehead atoms. The molecule has 0 aliphatic heterocycles. The minimum Gasteiger partial charge on any atom is -0.489 e. The zero-order chi connectivity index (χ0) is 21.8. The third-order valence-electron chi connectivity index (χ3n) is 6.28. The quantitative estimate of drug-likeness (QED) is 0.699. The lowest BCUT2D eigenvalue weighted by Gasteiger charge is -2.37. The van der Waals surface area contributed by atoms with Crippen molar-refractivity contribution in [1.82, 2.24) is 9.88 Å². The van der Waals surface area contributed by atoms with E-state index in [0.717, 1.165) is 40.8 Å². The Kier molecular flexibility index (Phi) is 6.93. The van der Waals surface area contributed by atoms with Gasteiger partial charge in [0.25, 0.3) is 0 Å². The summed E-state index contributed by atoms with van der Waals surface area (Å²) in [5, 5.41) is 11.3. The number of ether oxygens (including phenoxy) is 1. The van der Waals surface area contributed by atoms with Crippen molar-refractivity contribution in [2.45, 2.75) is 46.3 Å². The summed E-state index contributed by atoms with van der Waals surface area (Å²) in [6.45, 7) is 10.6. The summed E-state index contributed by atoms with van der Waals surface area (Å²) in [6, 6.07) is 5.93. The molecule has 1 aliphatic rings. The van der Waals surface area contributed by atoms with Crippen LogP contribution in [0.1, 0.15) is 47.3 Å². The third kappa shape index (κ3) is 4.41. The van der Waals surface area contributed by atoms with Crippen LogP contribution in [0.3, 0.4) is 0 Å². The summed E-state index contributed by atoms with van der Waals surface area (Å²) in [4.78, 5) is 18.6. The highest BCUT2D eigenvalue weighted by Crippen LogP contribution is 2.44. The third-order valence-corrected chi connectivity index (χ3v) is 6.28. The number of pyridine rings is 1. The van der Waals surface area contributed by atoms with Crippen LogP contribution in [0.15, 0.2) is 43.2 Å². The van der Waals surface area contributed by atoms with E-state index in [1.54, 1.807) is 30.4 Å². The lowest BCUT2D eigenvalue weighted by Crippen LogP contribution is -2.39. The molecule has 1 amide bonds. The van der Waals surface area contributed by atoms with Gasteiger partial charge in [-0.2, -0.15) is 0 Å². The lowest BCUT2D eigenvalue weighted by molar-refractivity contribution is -0.137. The highest BCUT2D eigenvalue weighted by Gasteiger charge is 2.37. The predicted molar refractivity (Wildman–Crippen MR) is 118 cm³/mol. The Hall–Kier alpha value is -2.66. The Bertz CT molecular complexity index is 910. The van der Waals surface area contributed by atoms with E-state index >= 15 is 0 Å². The first-order chi connectivity index (χ1) is 14.3. The summed E-state index contributed by atoms with van der Waals surface area (Å²) in [6.07, 6.45) is 6.21. The van der Waals surface area contributed by atoms with Crippen molar-refractivity contribution in [1.29, 1.82) is 0 Å². The number of aliphatic hydroxyl groups is 1. The summed E-state index contributed by atoms with van der Waals surface area (Å²) in [5.41, 5.74) is 5.19. The highest BCUT2D eigenvalue weighted by molar-refractivity contribution is 5.79. The number of benzene rings is 1. The normalized spacial score (nSPS) is 19.0. The van der Waals surface area contributed by atoms with Crippen molar-refractivity contribution >= 4 is 5.91 Å². The van der Waals surface area contributed by atoms with Crippen LogP contribution in [-0.2, 0) is 17.8 Å². The van der Waals surface area contributed by atoms with Gasteiger partial charge in [0, 0.05) is 43.4 Å². The topological polar surface area (TPSA) is 62.7 Å². The number of hydrogen-bond donors (Lipinski definition) is 1. The van der Waals surface area contributed by atoms with Crippen molar-refractivity contribution in [3.63, 3.8) is 0 Å². The van der Waals surface area contributed by atoms with Crippen molar-refractivity contribution in [3.8, 4) is 5.75 Å². The average molecular weight is 409 g/mol. The van der Waals surface area contributed by atoms with Crippen LogP contribution < -0.4 is 4.74 Å². The van der Waals surface area contributed by atoms with E-state index < -0.39 is 6.10 Å². The molecule has 1 aromatic heterocycles. The van der Waals surface area contributed by atoms with Gasteiger partial charge in [-0.05, 0) is 61.1 Å². The van der Waals surface area contributed by atoms with Gasteiger partial charge in [-0.1, -0.05) is 19.1 Å². The van der Waals surface area contributed by atoms with E-state index in [1.165, 1.54) is 5.56 Å². The van der Waals surface area contributed by atoms with Gasteiger partial charge < -0.3 is 14.7 Å². The van der Waals surface area contributed by atoms with Crippen LogP contribution in [-0.4, -0.2) is 34.5 Å². The number of nitrogens with zero attached hydrogens (tertiary/aromatic N) is 2. The average Bonchev–Trinajstić information content (AvgIpc) is 2.75. The second-order valence-corrected chi connectivity index (χ2v) is 8.30. The minimum atomic E-state index is -0.689. The van der Waals surface area contributed by atoms with Gasteiger partial charge in [0.2, 0.25) is 5.91 Å². The van der Waals surface area contributed by atoms with Crippen LogP contribution in [0.4, 0.5) is 0 Å².